The number of benzene rings is 2. The van der Waals surface area contributed by atoms with Crippen molar-refractivity contribution in [2.75, 3.05) is 16.2 Å². The van der Waals surface area contributed by atoms with Crippen LogP contribution in [0.1, 0.15) is 12.5 Å². The molecule has 3 aromatic rings. The summed E-state index contributed by atoms with van der Waals surface area (Å²) in [5.41, 5.74) is 1.29. The molecule has 0 bridgehead atoms. The van der Waals surface area contributed by atoms with Crippen molar-refractivity contribution in [3.8, 4) is 11.3 Å². The summed E-state index contributed by atoms with van der Waals surface area (Å²) in [5, 5.41) is 4.49. The first kappa shape index (κ1) is 19.6. The molecule has 2 heterocycles. The zero-order valence-corrected chi connectivity index (χ0v) is 16.8. The van der Waals surface area contributed by atoms with Crippen molar-refractivity contribution in [1.29, 1.82) is 0 Å². The van der Waals surface area contributed by atoms with Crippen molar-refractivity contribution in [3.63, 3.8) is 0 Å². The molecule has 29 heavy (non-hydrogen) atoms. The predicted octanol–water partition coefficient (Wildman–Crippen LogP) is 2.85. The van der Waals surface area contributed by atoms with Gasteiger partial charge in [0.1, 0.15) is 11.6 Å². The number of aromatic nitrogens is 2. The summed E-state index contributed by atoms with van der Waals surface area (Å²) in [5.74, 6) is -0.455. The number of nitrogens with one attached hydrogen (secondary N) is 1. The summed E-state index contributed by atoms with van der Waals surface area (Å²) < 4.78 is 66.4. The second-order valence-electron chi connectivity index (χ2n) is 6.84. The van der Waals surface area contributed by atoms with Crippen LogP contribution in [-0.4, -0.2) is 38.1 Å². The minimum Gasteiger partial charge on any atom is -0.264 e. The zero-order valence-electron chi connectivity index (χ0n) is 15.2. The highest BCUT2D eigenvalue weighted by atomic mass is 32.2. The van der Waals surface area contributed by atoms with Crippen LogP contribution in [-0.2, 0) is 19.9 Å². The lowest BCUT2D eigenvalue weighted by molar-refractivity contribution is 0.507. The van der Waals surface area contributed by atoms with Crippen molar-refractivity contribution < 1.29 is 21.2 Å². The molecular formula is C19H18FN3O4S2. The Kier molecular flexibility index (Phi) is 4.91. The number of hydrogen-bond acceptors (Lipinski definition) is 5. The predicted molar refractivity (Wildman–Crippen MR) is 107 cm³/mol. The highest BCUT2D eigenvalue weighted by Crippen LogP contribution is 2.31. The molecule has 0 saturated carbocycles. The summed E-state index contributed by atoms with van der Waals surface area (Å²) in [4.78, 5) is -0.105. The molecule has 7 nitrogen and oxygen atoms in total. The second-order valence-corrected chi connectivity index (χ2v) is 10.8. The third-order valence-corrected chi connectivity index (χ3v) is 7.84. The topological polar surface area (TPSA) is 98.1 Å². The third-order valence-electron chi connectivity index (χ3n) is 4.72. The maximum absolute atomic E-state index is 13.1. The second kappa shape index (κ2) is 7.27. The van der Waals surface area contributed by atoms with E-state index in [0.29, 0.717) is 12.1 Å². The van der Waals surface area contributed by atoms with Crippen LogP contribution < -0.4 is 4.72 Å². The van der Waals surface area contributed by atoms with Crippen LogP contribution in [0.25, 0.3) is 11.3 Å². The van der Waals surface area contributed by atoms with Gasteiger partial charge in [-0.25, -0.2) is 25.9 Å². The van der Waals surface area contributed by atoms with Crippen molar-refractivity contribution in [2.45, 2.75) is 17.4 Å². The van der Waals surface area contributed by atoms with Crippen molar-refractivity contribution in [1.82, 2.24) is 9.78 Å². The van der Waals surface area contributed by atoms with Gasteiger partial charge in [0.2, 0.25) is 0 Å². The standard InChI is InChI=1S/C19H18FN3O4S2/c20-15-6-8-17(9-7-15)29(26,27)22-19-12-18(14-4-2-1-3-5-14)21-23(19)16-10-11-28(24,25)13-16/h1-9,12,16,22H,10-11,13H2. The normalized spacial score (nSPS) is 18.6. The number of anilines is 1. The molecule has 0 spiro atoms. The van der Waals surface area contributed by atoms with Crippen LogP contribution in [0.5, 0.6) is 0 Å². The lowest BCUT2D eigenvalue weighted by Gasteiger charge is -2.14. The van der Waals surface area contributed by atoms with Gasteiger partial charge in [-0.1, -0.05) is 30.3 Å². The molecule has 4 rings (SSSR count). The van der Waals surface area contributed by atoms with Gasteiger partial charge < -0.3 is 0 Å². The number of rotatable bonds is 5. The molecular weight excluding hydrogens is 417 g/mol. The summed E-state index contributed by atoms with van der Waals surface area (Å²) >= 11 is 0. The van der Waals surface area contributed by atoms with E-state index in [-0.39, 0.29) is 22.2 Å². The number of sulfonamides is 1. The van der Waals surface area contributed by atoms with Gasteiger partial charge in [-0.15, -0.1) is 0 Å². The molecule has 1 unspecified atom stereocenters. The van der Waals surface area contributed by atoms with E-state index in [0.717, 1.165) is 29.8 Å². The molecule has 1 atom stereocenters. The van der Waals surface area contributed by atoms with E-state index in [1.54, 1.807) is 6.07 Å². The smallest absolute Gasteiger partial charge is 0.263 e. The summed E-state index contributed by atoms with van der Waals surface area (Å²) in [6.45, 7) is 0. The Balaban J connectivity index is 1.75. The maximum atomic E-state index is 13.1. The van der Waals surface area contributed by atoms with E-state index < -0.39 is 31.7 Å². The number of sulfone groups is 1. The molecule has 1 saturated heterocycles. The first-order valence-corrected chi connectivity index (χ1v) is 12.2. The van der Waals surface area contributed by atoms with E-state index in [1.165, 1.54) is 4.68 Å². The Labute approximate surface area is 168 Å². The fraction of sp³-hybridized carbons (Fsp3) is 0.211. The average molecular weight is 436 g/mol. The minimum atomic E-state index is -4.01. The summed E-state index contributed by atoms with van der Waals surface area (Å²) in [6.07, 6.45) is 0.351. The van der Waals surface area contributed by atoms with Crippen molar-refractivity contribution in [2.24, 2.45) is 0 Å². The maximum Gasteiger partial charge on any atom is 0.263 e. The highest BCUT2D eigenvalue weighted by molar-refractivity contribution is 7.92. The molecule has 10 heteroatoms. The minimum absolute atomic E-state index is 0.0301. The molecule has 1 aliphatic heterocycles. The van der Waals surface area contributed by atoms with Gasteiger partial charge in [0, 0.05) is 11.6 Å². The zero-order chi connectivity index (χ0) is 20.6. The Bertz CT molecular complexity index is 1240. The van der Waals surface area contributed by atoms with Gasteiger partial charge in [0.15, 0.2) is 9.84 Å². The van der Waals surface area contributed by atoms with Gasteiger partial charge in [-0.2, -0.15) is 5.10 Å². The molecule has 0 amide bonds. The van der Waals surface area contributed by atoms with E-state index in [9.17, 15) is 21.2 Å². The fourth-order valence-electron chi connectivity index (χ4n) is 3.28. The van der Waals surface area contributed by atoms with Crippen LogP contribution in [0, 0.1) is 5.82 Å². The van der Waals surface area contributed by atoms with Crippen molar-refractivity contribution in [3.05, 3.63) is 66.5 Å². The first-order valence-electron chi connectivity index (χ1n) is 8.87. The molecule has 1 fully saturated rings. The molecule has 1 aliphatic rings. The van der Waals surface area contributed by atoms with E-state index >= 15 is 0 Å². The molecule has 1 N–H and O–H groups in total. The molecule has 2 aromatic carbocycles. The molecule has 0 aliphatic carbocycles. The largest absolute Gasteiger partial charge is 0.264 e. The van der Waals surface area contributed by atoms with E-state index in [1.807, 2.05) is 30.3 Å². The summed E-state index contributed by atoms with van der Waals surface area (Å²) in [6, 6.07) is 14.7. The molecule has 152 valence electrons. The van der Waals surface area contributed by atoms with Crippen LogP contribution in [0.2, 0.25) is 0 Å². The van der Waals surface area contributed by atoms with Crippen LogP contribution in [0.4, 0.5) is 10.2 Å². The lowest BCUT2D eigenvalue weighted by Crippen LogP contribution is -2.20. The van der Waals surface area contributed by atoms with Gasteiger partial charge in [0.05, 0.1) is 28.1 Å². The molecule has 1 aromatic heterocycles. The molecule has 0 radical (unpaired) electrons. The van der Waals surface area contributed by atoms with E-state index in [2.05, 4.69) is 9.82 Å². The monoisotopic (exact) mass is 435 g/mol. The lowest BCUT2D eigenvalue weighted by atomic mass is 10.2. The number of nitrogens with zero attached hydrogens (tertiary/aromatic N) is 2. The van der Waals surface area contributed by atoms with Gasteiger partial charge in [-0.3, -0.25) is 4.72 Å². The average Bonchev–Trinajstić information content (AvgIpc) is 3.25. The van der Waals surface area contributed by atoms with Crippen molar-refractivity contribution >= 4 is 25.7 Å². The van der Waals surface area contributed by atoms with Crippen LogP contribution in [0.15, 0.2) is 65.6 Å². The van der Waals surface area contributed by atoms with Gasteiger partial charge in [0.25, 0.3) is 10.0 Å². The highest BCUT2D eigenvalue weighted by Gasteiger charge is 2.32. The van der Waals surface area contributed by atoms with Crippen LogP contribution in [0.3, 0.4) is 0 Å². The van der Waals surface area contributed by atoms with Gasteiger partial charge in [-0.05, 0) is 30.7 Å². The third kappa shape index (κ3) is 4.18. The Hall–Kier alpha value is -2.72. The van der Waals surface area contributed by atoms with Crippen LogP contribution >= 0.6 is 0 Å². The van der Waals surface area contributed by atoms with Gasteiger partial charge >= 0.3 is 0 Å². The Morgan fingerprint density at radius 2 is 1.76 bits per heavy atom. The quantitative estimate of drug-likeness (QED) is 0.665. The fourth-order valence-corrected chi connectivity index (χ4v) is 6.01. The number of halogens is 1. The van der Waals surface area contributed by atoms with E-state index in [4.69, 9.17) is 0 Å². The first-order chi connectivity index (χ1) is 13.7. The Morgan fingerprint density at radius 1 is 1.07 bits per heavy atom. The SMILES string of the molecule is O=S1(=O)CCC(n2nc(-c3ccccc3)cc2NS(=O)(=O)c2ccc(F)cc2)C1. The summed E-state index contributed by atoms with van der Waals surface area (Å²) in [7, 11) is -7.20. The number of hydrogen-bond donors (Lipinski definition) is 1. The Morgan fingerprint density at radius 3 is 2.38 bits per heavy atom.